The van der Waals surface area contributed by atoms with E-state index in [-0.39, 0.29) is 31.3 Å². The number of Topliss-reactive ketones (excluding diaryl/α,β-unsaturated/α-hetero) is 2. The molecule has 34 heavy (non-hydrogen) atoms. The number of fused-ring (bicyclic) bond motifs is 6. The zero-order valence-corrected chi connectivity index (χ0v) is 21.2. The van der Waals surface area contributed by atoms with Crippen molar-refractivity contribution in [3.63, 3.8) is 0 Å². The minimum Gasteiger partial charge on any atom is -0.468 e. The molecule has 2 bridgehead atoms. The van der Waals surface area contributed by atoms with Crippen molar-refractivity contribution >= 4 is 23.5 Å². The molecule has 0 amide bonds. The minimum atomic E-state index is -2.39. The Balaban J connectivity index is 2.08. The summed E-state index contributed by atoms with van der Waals surface area (Å²) in [6.45, 7) is 13.9. The summed E-state index contributed by atoms with van der Waals surface area (Å²) in [6.07, 6.45) is 1.07. The van der Waals surface area contributed by atoms with Gasteiger partial charge in [0.25, 0.3) is 0 Å². The van der Waals surface area contributed by atoms with Crippen LogP contribution in [-0.2, 0) is 28.7 Å². The largest absolute Gasteiger partial charge is 0.468 e. The van der Waals surface area contributed by atoms with Crippen LogP contribution < -0.4 is 0 Å². The first-order chi connectivity index (χ1) is 15.3. The van der Waals surface area contributed by atoms with Crippen LogP contribution in [0.25, 0.3) is 0 Å². The number of carbonyl (C=O) groups is 4. The molecule has 0 aromatic heterocycles. The Bertz CT molecular complexity index is 1030. The van der Waals surface area contributed by atoms with E-state index in [1.54, 1.807) is 20.8 Å². The highest BCUT2D eigenvalue weighted by Crippen LogP contribution is 2.76. The summed E-state index contributed by atoms with van der Waals surface area (Å²) in [5, 5.41) is 22.5. The van der Waals surface area contributed by atoms with Gasteiger partial charge in [0.05, 0.1) is 18.1 Å². The van der Waals surface area contributed by atoms with Gasteiger partial charge in [-0.15, -0.1) is 0 Å². The molecule has 4 aliphatic rings. The van der Waals surface area contributed by atoms with Gasteiger partial charge in [-0.2, -0.15) is 0 Å². The number of methoxy groups -OCH3 is 1. The lowest BCUT2D eigenvalue weighted by atomic mass is 9.30. The van der Waals surface area contributed by atoms with E-state index in [0.717, 1.165) is 6.92 Å². The molecule has 1 saturated heterocycles. The lowest BCUT2D eigenvalue weighted by molar-refractivity contribution is -0.300. The van der Waals surface area contributed by atoms with Gasteiger partial charge in [-0.3, -0.25) is 19.2 Å². The maximum absolute atomic E-state index is 14.0. The summed E-state index contributed by atoms with van der Waals surface area (Å²) < 4.78 is 11.2. The molecule has 0 aromatic rings. The van der Waals surface area contributed by atoms with E-state index in [9.17, 15) is 29.4 Å². The summed E-state index contributed by atoms with van der Waals surface area (Å²) in [7, 11) is 1.18. The van der Waals surface area contributed by atoms with E-state index in [1.165, 1.54) is 7.11 Å². The molecule has 8 nitrogen and oxygen atoms in total. The van der Waals surface area contributed by atoms with Crippen molar-refractivity contribution in [2.24, 2.45) is 27.6 Å². The van der Waals surface area contributed by atoms with Crippen LogP contribution in [0.4, 0.5) is 0 Å². The predicted octanol–water partition coefficient (Wildman–Crippen LogP) is 2.28. The first kappa shape index (κ1) is 25.0. The van der Waals surface area contributed by atoms with E-state index in [2.05, 4.69) is 6.58 Å². The first-order valence-corrected chi connectivity index (χ1v) is 11.9. The quantitative estimate of drug-likeness (QED) is 0.353. The van der Waals surface area contributed by atoms with Gasteiger partial charge in [0.2, 0.25) is 0 Å². The monoisotopic (exact) mass is 476 g/mol. The average Bonchev–Trinajstić information content (AvgIpc) is 2.74. The molecule has 0 spiro atoms. The van der Waals surface area contributed by atoms with Gasteiger partial charge in [-0.05, 0) is 70.3 Å². The number of esters is 2. The Kier molecular flexibility index (Phi) is 4.84. The third-order valence-electron chi connectivity index (χ3n) is 10.4. The number of rotatable bonds is 2. The van der Waals surface area contributed by atoms with Gasteiger partial charge < -0.3 is 19.7 Å². The van der Waals surface area contributed by atoms with Gasteiger partial charge >= 0.3 is 11.9 Å². The molecule has 4 rings (SSSR count). The fraction of sp³-hybridized carbons (Fsp3) is 0.769. The van der Waals surface area contributed by atoms with Crippen molar-refractivity contribution in [3.05, 3.63) is 12.2 Å². The van der Waals surface area contributed by atoms with Crippen LogP contribution in [-0.4, -0.2) is 57.6 Å². The molecule has 3 aliphatic carbocycles. The maximum atomic E-state index is 14.0. The van der Waals surface area contributed by atoms with Gasteiger partial charge in [-0.1, -0.05) is 20.4 Å². The van der Waals surface area contributed by atoms with Crippen molar-refractivity contribution in [1.29, 1.82) is 0 Å². The predicted molar refractivity (Wildman–Crippen MR) is 120 cm³/mol. The maximum Gasteiger partial charge on any atom is 0.324 e. The van der Waals surface area contributed by atoms with Crippen molar-refractivity contribution in [3.8, 4) is 0 Å². The smallest absolute Gasteiger partial charge is 0.324 e. The molecular formula is C26H36O8. The normalized spacial score (nSPS) is 48.6. The highest BCUT2D eigenvalue weighted by atomic mass is 16.6. The van der Waals surface area contributed by atoms with Crippen LogP contribution in [0.15, 0.2) is 12.2 Å². The molecule has 1 heterocycles. The molecule has 0 aromatic carbocycles. The van der Waals surface area contributed by atoms with Gasteiger partial charge in [-0.25, -0.2) is 0 Å². The highest BCUT2D eigenvalue weighted by molar-refractivity contribution is 6.26. The third kappa shape index (κ3) is 2.32. The molecular weight excluding hydrogens is 440 g/mol. The Morgan fingerprint density at radius 3 is 2.18 bits per heavy atom. The lowest BCUT2D eigenvalue weighted by Gasteiger charge is -2.73. The number of hydrogen-bond donors (Lipinski definition) is 2. The standard InChI is InChI=1S/C26H36O8/c1-14-21(4)13-15-22(5)10-9-16(27)34-25(22,20(2,3)31)12-11-23(15,6)26(14,19(30)33-8)18(29)24(7,32)17(21)28/h15,31-32H,1,9-13H2,2-8H3/t15-,21+,22-,23-,24-,25-,26-/m0/s1. The molecule has 8 heteroatoms. The van der Waals surface area contributed by atoms with Crippen LogP contribution in [0.3, 0.4) is 0 Å². The SMILES string of the molecule is C=C1[C@@]2(C)C[C@@H]3[C@](C)(CC[C@@]4(C(C)(C)O)OC(=O)CC[C@@]34C)[C@]1(C(=O)OC)C(=O)[C@@](C)(O)C2=O. The van der Waals surface area contributed by atoms with E-state index >= 15 is 0 Å². The van der Waals surface area contributed by atoms with E-state index in [1.807, 2.05) is 13.8 Å². The van der Waals surface area contributed by atoms with Crippen molar-refractivity contribution < 1.29 is 38.9 Å². The van der Waals surface area contributed by atoms with Gasteiger partial charge in [0.1, 0.15) is 5.60 Å². The summed E-state index contributed by atoms with van der Waals surface area (Å²) >= 11 is 0. The molecule has 0 unspecified atom stereocenters. The minimum absolute atomic E-state index is 0.114. The Labute approximate surface area is 200 Å². The number of aliphatic hydroxyl groups is 2. The van der Waals surface area contributed by atoms with E-state index in [0.29, 0.717) is 6.42 Å². The zero-order chi connectivity index (χ0) is 25.9. The average molecular weight is 477 g/mol. The molecule has 3 saturated carbocycles. The van der Waals surface area contributed by atoms with Crippen LogP contribution in [0.5, 0.6) is 0 Å². The molecule has 0 radical (unpaired) electrons. The Hall–Kier alpha value is -2.06. The summed E-state index contributed by atoms with van der Waals surface area (Å²) in [5.74, 6) is -3.38. The second-order valence-electron chi connectivity index (χ2n) is 12.2. The van der Waals surface area contributed by atoms with Crippen LogP contribution in [0, 0.1) is 27.6 Å². The lowest BCUT2D eigenvalue weighted by Crippen LogP contribution is -2.80. The Morgan fingerprint density at radius 1 is 1.06 bits per heavy atom. The number of ether oxygens (including phenoxy) is 2. The molecule has 7 atom stereocenters. The van der Waals surface area contributed by atoms with E-state index in [4.69, 9.17) is 9.47 Å². The van der Waals surface area contributed by atoms with Crippen molar-refractivity contribution in [2.45, 2.75) is 90.4 Å². The fourth-order valence-corrected chi connectivity index (χ4v) is 8.58. The van der Waals surface area contributed by atoms with Crippen LogP contribution >= 0.6 is 0 Å². The van der Waals surface area contributed by atoms with Crippen molar-refractivity contribution in [1.82, 2.24) is 0 Å². The molecule has 188 valence electrons. The van der Waals surface area contributed by atoms with Crippen LogP contribution in [0.1, 0.15) is 73.6 Å². The number of hydrogen-bond acceptors (Lipinski definition) is 8. The number of carbonyl (C=O) groups excluding carboxylic acids is 4. The summed E-state index contributed by atoms with van der Waals surface area (Å²) in [6, 6.07) is 0. The zero-order valence-electron chi connectivity index (χ0n) is 21.2. The summed E-state index contributed by atoms with van der Waals surface area (Å²) in [4.78, 5) is 53.8. The number of ketones is 2. The second kappa shape index (κ2) is 6.58. The van der Waals surface area contributed by atoms with Crippen molar-refractivity contribution in [2.75, 3.05) is 7.11 Å². The molecule has 2 N–H and O–H groups in total. The van der Waals surface area contributed by atoms with Gasteiger partial charge in [0, 0.05) is 11.8 Å². The molecule has 4 fully saturated rings. The third-order valence-corrected chi connectivity index (χ3v) is 10.4. The summed E-state index contributed by atoms with van der Waals surface area (Å²) in [5.41, 5.74) is -10.3. The highest BCUT2D eigenvalue weighted by Gasteiger charge is 2.83. The van der Waals surface area contributed by atoms with Crippen LogP contribution in [0.2, 0.25) is 0 Å². The molecule has 1 aliphatic heterocycles. The topological polar surface area (TPSA) is 127 Å². The van der Waals surface area contributed by atoms with E-state index < -0.39 is 67.9 Å². The second-order valence-corrected chi connectivity index (χ2v) is 12.2. The first-order valence-electron chi connectivity index (χ1n) is 11.9. The fourth-order valence-electron chi connectivity index (χ4n) is 8.58. The Morgan fingerprint density at radius 2 is 1.65 bits per heavy atom. The van der Waals surface area contributed by atoms with Gasteiger partial charge in [0.15, 0.2) is 22.6 Å².